The largest absolute Gasteiger partial charge is 0.481 e. The Morgan fingerprint density at radius 3 is 2.43 bits per heavy atom. The number of carbonyl (C=O) groups excluding carboxylic acids is 1. The van der Waals surface area contributed by atoms with Gasteiger partial charge in [0.2, 0.25) is 5.91 Å². The van der Waals surface area contributed by atoms with Gasteiger partial charge in [0.05, 0.1) is 11.8 Å². The number of carbonyl (C=O) groups is 2. The molecule has 2 N–H and O–H groups in total. The summed E-state index contributed by atoms with van der Waals surface area (Å²) in [5.41, 5.74) is 0. The lowest BCUT2D eigenvalue weighted by Crippen LogP contribution is -2.39. The first-order valence-corrected chi connectivity index (χ1v) is 7.79. The summed E-state index contributed by atoms with van der Waals surface area (Å²) in [6, 6.07) is 0.532. The topological polar surface area (TPSA) is 69.6 Å². The monoisotopic (exact) mass is 296 g/mol. The molecule has 0 saturated carbocycles. The van der Waals surface area contributed by atoms with Gasteiger partial charge in [0.1, 0.15) is 0 Å². The van der Waals surface area contributed by atoms with Gasteiger partial charge in [-0.3, -0.25) is 9.59 Å². The minimum atomic E-state index is -0.877. The molecular weight excluding hydrogens is 268 g/mol. The van der Waals surface area contributed by atoms with Crippen LogP contribution in [0.5, 0.6) is 0 Å². The van der Waals surface area contributed by atoms with Crippen LogP contribution in [-0.2, 0) is 9.59 Å². The zero-order valence-corrected chi connectivity index (χ0v) is 13.3. The summed E-state index contributed by atoms with van der Waals surface area (Å²) in [6.45, 7) is 5.95. The maximum atomic E-state index is 12.1. The third-order valence-corrected chi connectivity index (χ3v) is 4.20. The van der Waals surface area contributed by atoms with Crippen molar-refractivity contribution >= 4 is 11.9 Å². The van der Waals surface area contributed by atoms with Crippen LogP contribution in [0.25, 0.3) is 0 Å². The molecule has 0 radical (unpaired) electrons. The van der Waals surface area contributed by atoms with Crippen LogP contribution in [0.2, 0.25) is 0 Å². The Balaban J connectivity index is 2.27. The predicted octanol–water partition coefficient (Wildman–Crippen LogP) is 1.89. The highest BCUT2D eigenvalue weighted by atomic mass is 16.4. The predicted molar refractivity (Wildman–Crippen MR) is 83.0 cm³/mol. The van der Waals surface area contributed by atoms with E-state index in [0.29, 0.717) is 25.4 Å². The molecular formula is C16H28N2O3. The number of aliphatic carboxylic acids is 1. The maximum Gasteiger partial charge on any atom is 0.307 e. The van der Waals surface area contributed by atoms with Gasteiger partial charge in [-0.1, -0.05) is 12.2 Å². The van der Waals surface area contributed by atoms with Gasteiger partial charge >= 0.3 is 5.97 Å². The van der Waals surface area contributed by atoms with Crippen molar-refractivity contribution in [2.75, 3.05) is 20.1 Å². The van der Waals surface area contributed by atoms with Crippen molar-refractivity contribution in [2.24, 2.45) is 11.8 Å². The van der Waals surface area contributed by atoms with Crippen LogP contribution in [0, 0.1) is 11.8 Å². The van der Waals surface area contributed by atoms with E-state index in [1.807, 2.05) is 12.2 Å². The Labute approximate surface area is 127 Å². The summed E-state index contributed by atoms with van der Waals surface area (Å²) in [6.07, 6.45) is 6.68. The van der Waals surface area contributed by atoms with Gasteiger partial charge in [-0.15, -0.1) is 0 Å². The highest BCUT2D eigenvalue weighted by Crippen LogP contribution is 2.25. The molecule has 0 aromatic carbocycles. The Kier molecular flexibility index (Phi) is 7.43. The number of hydrogen-bond acceptors (Lipinski definition) is 3. The van der Waals surface area contributed by atoms with E-state index in [-0.39, 0.29) is 5.91 Å². The number of nitrogens with zero attached hydrogens (tertiary/aromatic N) is 1. The van der Waals surface area contributed by atoms with E-state index >= 15 is 0 Å². The molecule has 0 bridgehead atoms. The summed E-state index contributed by atoms with van der Waals surface area (Å²) < 4.78 is 0. The van der Waals surface area contributed by atoms with Gasteiger partial charge in [-0.05, 0) is 53.1 Å². The van der Waals surface area contributed by atoms with E-state index in [1.165, 1.54) is 0 Å². The van der Waals surface area contributed by atoms with Crippen LogP contribution in [-0.4, -0.2) is 48.1 Å². The molecule has 2 unspecified atom stereocenters. The minimum Gasteiger partial charge on any atom is -0.481 e. The average Bonchev–Trinajstić information content (AvgIpc) is 2.46. The highest BCUT2D eigenvalue weighted by Gasteiger charge is 2.33. The molecule has 0 heterocycles. The Morgan fingerprint density at radius 2 is 1.86 bits per heavy atom. The third-order valence-electron chi connectivity index (χ3n) is 4.20. The summed E-state index contributed by atoms with van der Waals surface area (Å²) in [4.78, 5) is 25.5. The van der Waals surface area contributed by atoms with E-state index < -0.39 is 17.8 Å². The van der Waals surface area contributed by atoms with E-state index in [1.54, 1.807) is 0 Å². The molecule has 1 aliphatic carbocycles. The number of rotatable bonds is 8. The van der Waals surface area contributed by atoms with Crippen LogP contribution in [0.15, 0.2) is 12.2 Å². The van der Waals surface area contributed by atoms with Gasteiger partial charge in [0.25, 0.3) is 0 Å². The fourth-order valence-electron chi connectivity index (χ4n) is 2.46. The van der Waals surface area contributed by atoms with Crippen LogP contribution in [0.3, 0.4) is 0 Å². The number of hydrogen-bond donors (Lipinski definition) is 2. The zero-order chi connectivity index (χ0) is 15.8. The lowest BCUT2D eigenvalue weighted by atomic mass is 9.82. The summed E-state index contributed by atoms with van der Waals surface area (Å²) in [5, 5.41) is 12.0. The average molecular weight is 296 g/mol. The van der Waals surface area contributed by atoms with E-state index in [0.717, 1.165) is 19.4 Å². The van der Waals surface area contributed by atoms with Crippen molar-refractivity contribution in [2.45, 2.75) is 45.6 Å². The molecule has 0 aliphatic heterocycles. The smallest absolute Gasteiger partial charge is 0.307 e. The highest BCUT2D eigenvalue weighted by molar-refractivity contribution is 5.85. The van der Waals surface area contributed by atoms with Crippen molar-refractivity contribution in [3.63, 3.8) is 0 Å². The summed E-state index contributed by atoms with van der Waals surface area (Å²) in [7, 11) is 2.09. The lowest BCUT2D eigenvalue weighted by Gasteiger charge is -2.24. The van der Waals surface area contributed by atoms with E-state index in [2.05, 4.69) is 31.1 Å². The molecule has 0 saturated heterocycles. The molecule has 0 fully saturated rings. The van der Waals surface area contributed by atoms with Crippen LogP contribution >= 0.6 is 0 Å². The quantitative estimate of drug-likeness (QED) is 0.530. The first kappa shape index (κ1) is 17.7. The molecule has 5 nitrogen and oxygen atoms in total. The number of unbranched alkanes of at least 4 members (excludes halogenated alkanes) is 1. The summed E-state index contributed by atoms with van der Waals surface area (Å²) in [5.74, 6) is -2.00. The maximum absolute atomic E-state index is 12.1. The van der Waals surface area contributed by atoms with Gasteiger partial charge < -0.3 is 15.3 Å². The van der Waals surface area contributed by atoms with E-state index in [4.69, 9.17) is 5.11 Å². The van der Waals surface area contributed by atoms with E-state index in [9.17, 15) is 9.59 Å². The third kappa shape index (κ3) is 5.87. The van der Waals surface area contributed by atoms with Gasteiger partial charge in [-0.2, -0.15) is 0 Å². The second-order valence-electron chi connectivity index (χ2n) is 6.07. The molecule has 0 spiro atoms. The molecule has 5 heteroatoms. The fraction of sp³-hybridized carbons (Fsp3) is 0.750. The van der Waals surface area contributed by atoms with Crippen LogP contribution in [0.1, 0.15) is 39.5 Å². The first-order valence-electron chi connectivity index (χ1n) is 7.79. The van der Waals surface area contributed by atoms with Gasteiger partial charge in [-0.25, -0.2) is 0 Å². The Bertz CT molecular complexity index is 380. The number of amides is 1. The molecule has 1 rings (SSSR count). The second-order valence-corrected chi connectivity index (χ2v) is 6.07. The standard InChI is InChI=1S/C16H28N2O3/c1-12(2)18(3)11-7-6-10-17-15(19)13-8-4-5-9-14(13)16(20)21/h4-5,12-14H,6-11H2,1-3H3,(H,17,19)(H,20,21). The van der Waals surface area contributed by atoms with Crippen LogP contribution < -0.4 is 5.32 Å². The minimum absolute atomic E-state index is 0.121. The Morgan fingerprint density at radius 1 is 1.24 bits per heavy atom. The molecule has 1 aliphatic rings. The Hall–Kier alpha value is -1.36. The number of carboxylic acid groups (broad SMARTS) is 1. The molecule has 0 aromatic rings. The summed E-state index contributed by atoms with van der Waals surface area (Å²) >= 11 is 0. The normalized spacial score (nSPS) is 21.8. The number of nitrogens with one attached hydrogen (secondary N) is 1. The lowest BCUT2D eigenvalue weighted by molar-refractivity contribution is -0.147. The van der Waals surface area contributed by atoms with Crippen molar-refractivity contribution in [1.82, 2.24) is 10.2 Å². The van der Waals surface area contributed by atoms with Crippen molar-refractivity contribution in [3.05, 3.63) is 12.2 Å². The molecule has 1 amide bonds. The zero-order valence-electron chi connectivity index (χ0n) is 13.3. The number of carboxylic acids is 1. The van der Waals surface area contributed by atoms with Crippen LogP contribution in [0.4, 0.5) is 0 Å². The second kappa shape index (κ2) is 8.82. The molecule has 120 valence electrons. The molecule has 21 heavy (non-hydrogen) atoms. The fourth-order valence-corrected chi connectivity index (χ4v) is 2.46. The van der Waals surface area contributed by atoms with Gasteiger partial charge in [0.15, 0.2) is 0 Å². The first-order chi connectivity index (χ1) is 9.93. The SMILES string of the molecule is CC(C)N(C)CCCCNC(=O)C1CC=CCC1C(=O)O. The van der Waals surface area contributed by atoms with Gasteiger partial charge in [0, 0.05) is 12.6 Å². The number of allylic oxidation sites excluding steroid dienone is 2. The van der Waals surface area contributed by atoms with Crippen molar-refractivity contribution in [3.8, 4) is 0 Å². The van der Waals surface area contributed by atoms with Crippen molar-refractivity contribution < 1.29 is 14.7 Å². The molecule has 2 atom stereocenters. The van der Waals surface area contributed by atoms with Crippen molar-refractivity contribution in [1.29, 1.82) is 0 Å². The molecule has 0 aromatic heterocycles.